The summed E-state index contributed by atoms with van der Waals surface area (Å²) in [6, 6.07) is 11.7. The average Bonchev–Trinajstić information content (AvgIpc) is 3.91. The smallest absolute Gasteiger partial charge is 0.286 e. The Kier molecular flexibility index (Phi) is 7.11. The Morgan fingerprint density at radius 3 is 2.84 bits per heavy atom. The van der Waals surface area contributed by atoms with Crippen LogP contribution in [0, 0.1) is 23.2 Å². The van der Waals surface area contributed by atoms with Crippen molar-refractivity contribution in [2.75, 3.05) is 37.5 Å². The number of anilines is 1. The maximum Gasteiger partial charge on any atom is 0.286 e. The van der Waals surface area contributed by atoms with E-state index >= 15 is 0 Å². The first-order valence-electron chi connectivity index (χ1n) is 16.3. The van der Waals surface area contributed by atoms with E-state index < -0.39 is 15.8 Å². The molecule has 4 aliphatic carbocycles. The van der Waals surface area contributed by atoms with E-state index in [4.69, 9.17) is 21.1 Å². The zero-order valence-corrected chi connectivity index (χ0v) is 27.2. The van der Waals surface area contributed by atoms with Gasteiger partial charge in [-0.1, -0.05) is 29.8 Å². The number of halogens is 1. The molecule has 1 N–H and O–H groups in total. The molecule has 2 aromatic rings. The molecule has 0 aromatic heterocycles. The lowest BCUT2D eigenvalue weighted by Gasteiger charge is -2.41. The Morgan fingerprint density at radius 1 is 1.18 bits per heavy atom. The first-order valence-corrected chi connectivity index (χ1v) is 18.4. The topological polar surface area (TPSA) is 97.3 Å². The van der Waals surface area contributed by atoms with Gasteiger partial charge in [-0.3, -0.25) is 14.3 Å². The number of hydrogen-bond donors (Lipinski definition) is 1. The van der Waals surface area contributed by atoms with Crippen molar-refractivity contribution >= 4 is 39.0 Å². The molecule has 45 heavy (non-hydrogen) atoms. The molecule has 3 saturated carbocycles. The summed E-state index contributed by atoms with van der Waals surface area (Å²) in [6.07, 6.45) is 11.2. The van der Waals surface area contributed by atoms with Gasteiger partial charge in [0.2, 0.25) is 5.91 Å². The van der Waals surface area contributed by atoms with Crippen LogP contribution in [0.3, 0.4) is 0 Å². The van der Waals surface area contributed by atoms with E-state index in [0.29, 0.717) is 36.8 Å². The summed E-state index contributed by atoms with van der Waals surface area (Å²) in [5.74, 6) is 0.905. The molecule has 0 radical (unpaired) electrons. The zero-order valence-electron chi connectivity index (χ0n) is 25.6. The van der Waals surface area contributed by atoms with Gasteiger partial charge in [0.1, 0.15) is 15.7 Å². The Hall–Kier alpha value is -2.88. The predicted octanol–water partition coefficient (Wildman–Crippen LogP) is 5.86. The van der Waals surface area contributed by atoms with Gasteiger partial charge < -0.3 is 14.4 Å². The highest BCUT2D eigenvalue weighted by Crippen LogP contribution is 2.81. The van der Waals surface area contributed by atoms with Crippen LogP contribution in [0.2, 0.25) is 5.02 Å². The van der Waals surface area contributed by atoms with Crippen LogP contribution in [0.1, 0.15) is 66.4 Å². The first kappa shape index (κ1) is 29.5. The minimum absolute atomic E-state index is 0.0161. The van der Waals surface area contributed by atoms with Crippen molar-refractivity contribution in [1.29, 1.82) is 0 Å². The van der Waals surface area contributed by atoms with Crippen LogP contribution >= 0.6 is 11.6 Å². The average molecular weight is 650 g/mol. The fourth-order valence-corrected chi connectivity index (χ4v) is 10.2. The number of benzene rings is 2. The summed E-state index contributed by atoms with van der Waals surface area (Å²) >= 11 is 6.43. The minimum Gasteiger partial charge on any atom is -0.490 e. The Balaban J connectivity index is 1.21. The highest BCUT2D eigenvalue weighted by atomic mass is 35.5. The molecule has 0 saturated heterocycles. The number of hydrogen-bond acceptors (Lipinski definition) is 6. The SMILES string of the molecule is CO[C@H]1/C=C/CCC[S@@](=O)(NC(=O)C2CC2)=NC(=O)c2ccc3c(c2)N(C[C@@]2(CCCc4cc(Cl)ccc42)CO3)C[C@@]23CC2[C@@H]13. The van der Waals surface area contributed by atoms with Gasteiger partial charge in [0, 0.05) is 42.1 Å². The van der Waals surface area contributed by atoms with E-state index in [1.54, 1.807) is 13.2 Å². The van der Waals surface area contributed by atoms with Gasteiger partial charge in [0.15, 0.2) is 0 Å². The molecule has 2 aliphatic heterocycles. The summed E-state index contributed by atoms with van der Waals surface area (Å²) in [5.41, 5.74) is 3.75. The number of fused-ring (bicyclic) bond motifs is 4. The molecule has 2 heterocycles. The van der Waals surface area contributed by atoms with Gasteiger partial charge in [-0.15, -0.1) is 4.36 Å². The van der Waals surface area contributed by atoms with Crippen molar-refractivity contribution in [2.24, 2.45) is 27.5 Å². The lowest BCUT2D eigenvalue weighted by molar-refractivity contribution is -0.120. The fourth-order valence-electron chi connectivity index (χ4n) is 8.35. The number of carbonyl (C=O) groups is 2. The normalized spacial score (nSPS) is 35.9. The largest absolute Gasteiger partial charge is 0.490 e. The van der Waals surface area contributed by atoms with Gasteiger partial charge in [-0.25, -0.2) is 4.21 Å². The van der Waals surface area contributed by atoms with Crippen LogP contribution < -0.4 is 14.4 Å². The number of ether oxygens (including phenoxy) is 2. The molecule has 6 atom stereocenters. The monoisotopic (exact) mass is 649 g/mol. The van der Waals surface area contributed by atoms with Crippen LogP contribution in [-0.2, 0) is 31.3 Å². The van der Waals surface area contributed by atoms with E-state index in [-0.39, 0.29) is 34.5 Å². The van der Waals surface area contributed by atoms with Crippen LogP contribution in [-0.4, -0.2) is 54.7 Å². The van der Waals surface area contributed by atoms with Crippen LogP contribution in [0.25, 0.3) is 0 Å². The summed E-state index contributed by atoms with van der Waals surface area (Å²) in [4.78, 5) is 28.8. The second-order valence-corrected chi connectivity index (χ2v) is 16.6. The van der Waals surface area contributed by atoms with Crippen LogP contribution in [0.5, 0.6) is 5.75 Å². The molecule has 8 rings (SSSR count). The third kappa shape index (κ3) is 5.28. The number of amides is 2. The molecule has 6 aliphatic rings. The summed E-state index contributed by atoms with van der Waals surface area (Å²) in [7, 11) is -1.51. The van der Waals surface area contributed by atoms with Gasteiger partial charge in [0.05, 0.1) is 24.2 Å². The maximum absolute atomic E-state index is 14.0. The maximum atomic E-state index is 14.0. The number of nitrogens with zero attached hydrogens (tertiary/aromatic N) is 2. The molecule has 10 heteroatoms. The van der Waals surface area contributed by atoms with E-state index in [0.717, 1.165) is 61.7 Å². The predicted molar refractivity (Wildman–Crippen MR) is 174 cm³/mol. The van der Waals surface area contributed by atoms with E-state index in [9.17, 15) is 13.8 Å². The highest BCUT2D eigenvalue weighted by Gasteiger charge is 2.80. The van der Waals surface area contributed by atoms with Crippen LogP contribution in [0.15, 0.2) is 52.9 Å². The first-order chi connectivity index (χ1) is 21.7. The minimum atomic E-state index is -3.29. The molecule has 3 fully saturated rings. The molecule has 2 aromatic carbocycles. The zero-order chi connectivity index (χ0) is 31.0. The van der Waals surface area contributed by atoms with Crippen LogP contribution in [0.4, 0.5) is 5.69 Å². The van der Waals surface area contributed by atoms with Crippen molar-refractivity contribution in [3.63, 3.8) is 0 Å². The van der Waals surface area contributed by atoms with Crippen molar-refractivity contribution in [3.8, 4) is 5.75 Å². The molecule has 2 spiro atoms. The van der Waals surface area contributed by atoms with Crippen molar-refractivity contribution in [2.45, 2.75) is 62.9 Å². The van der Waals surface area contributed by atoms with Gasteiger partial charge in [-0.2, -0.15) is 0 Å². The summed E-state index contributed by atoms with van der Waals surface area (Å²) in [6.45, 7) is 2.14. The third-order valence-corrected chi connectivity index (χ3v) is 13.2. The van der Waals surface area contributed by atoms with E-state index in [1.807, 2.05) is 18.2 Å². The highest BCUT2D eigenvalue weighted by molar-refractivity contribution is 7.92. The lowest BCUT2D eigenvalue weighted by Crippen LogP contribution is -2.47. The van der Waals surface area contributed by atoms with Gasteiger partial charge >= 0.3 is 0 Å². The van der Waals surface area contributed by atoms with Crippen molar-refractivity contribution < 1.29 is 23.3 Å². The molecule has 8 nitrogen and oxygen atoms in total. The van der Waals surface area contributed by atoms with Gasteiger partial charge in [0.25, 0.3) is 5.91 Å². The van der Waals surface area contributed by atoms with Gasteiger partial charge in [-0.05, 0) is 110 Å². The molecular weight excluding hydrogens is 610 g/mol. The molecule has 2 bridgehead atoms. The number of nitrogens with one attached hydrogen (secondary N) is 1. The van der Waals surface area contributed by atoms with E-state index in [1.165, 1.54) is 17.5 Å². The number of carbonyl (C=O) groups excluding carboxylic acids is 2. The molecular formula is C35H40ClN3O5S. The summed E-state index contributed by atoms with van der Waals surface area (Å²) in [5, 5.41) is 0.754. The number of aryl methyl sites for hydroxylation is 1. The fraction of sp³-hybridized carbons (Fsp3) is 0.543. The van der Waals surface area contributed by atoms with E-state index in [2.05, 4.69) is 38.3 Å². The lowest BCUT2D eigenvalue weighted by atomic mass is 9.70. The second kappa shape index (κ2) is 10.8. The number of allylic oxidation sites excluding steroid dienone is 1. The number of rotatable bonds is 3. The Labute approximate surface area is 270 Å². The summed E-state index contributed by atoms with van der Waals surface area (Å²) < 4.78 is 33.5. The van der Waals surface area contributed by atoms with Crippen molar-refractivity contribution in [1.82, 2.24) is 4.72 Å². The molecule has 238 valence electrons. The third-order valence-electron chi connectivity index (χ3n) is 11.1. The Bertz CT molecular complexity index is 1730. The van der Waals surface area contributed by atoms with Crippen molar-refractivity contribution in [3.05, 3.63) is 70.3 Å². The molecule has 2 amide bonds. The quantitative estimate of drug-likeness (QED) is 0.418. The Morgan fingerprint density at radius 2 is 2.04 bits per heavy atom. The standard InChI is InChI=1S/C35H40ClN3O5S/c1-43-30-7-3-2-4-15-45(42,37-32(40)22-8-9-22)38-33(41)24-10-13-29-28(17-24)39(20-35-18-27(35)31(30)35)19-34(21-44-29)14-5-6-23-16-25(36)11-12-26(23)34/h3,7,10-13,16-17,22,27,30-31H,2,4-6,8-9,14-15,18-21H2,1H3,(H,37,38,40,41,42)/b7-3+/t27?,30-,31-,34-,35-,45+/m0/s1. The number of methoxy groups -OCH3 is 1. The second-order valence-electron chi connectivity index (χ2n) is 14.1. The molecule has 1 unspecified atom stereocenters.